The highest BCUT2D eigenvalue weighted by Gasteiger charge is 2.24. The van der Waals surface area contributed by atoms with Crippen LogP contribution in [-0.4, -0.2) is 68.5 Å². The number of amides is 1. The van der Waals surface area contributed by atoms with Gasteiger partial charge < -0.3 is 28.8 Å². The van der Waals surface area contributed by atoms with E-state index >= 15 is 0 Å². The Morgan fingerprint density at radius 2 is 0.887 bits per heavy atom. The summed E-state index contributed by atoms with van der Waals surface area (Å²) in [4.78, 5) is 25.4. The lowest BCUT2D eigenvalue weighted by atomic mass is 10.0. The number of carbonyl (C=O) groups excluding carboxylic acids is 1. The number of likely N-dealkylation sites (N-methyl/N-ethyl adjacent to an activating group) is 1. The molecule has 0 saturated carbocycles. The van der Waals surface area contributed by atoms with Crippen LogP contribution in [0, 0.1) is 0 Å². The second-order valence-corrected chi connectivity index (χ2v) is 21.4. The van der Waals surface area contributed by atoms with Crippen LogP contribution < -0.4 is 10.2 Å². The van der Waals surface area contributed by atoms with Gasteiger partial charge in [-0.15, -0.1) is 0 Å². The van der Waals surface area contributed by atoms with Crippen molar-refractivity contribution < 1.29 is 32.9 Å². The average molecular weight is 899 g/mol. The summed E-state index contributed by atoms with van der Waals surface area (Å²) in [5.74, 6) is -0.170. The van der Waals surface area contributed by atoms with E-state index in [2.05, 4.69) is 31.3 Å². The molecule has 3 unspecified atom stereocenters. The van der Waals surface area contributed by atoms with E-state index in [9.17, 15) is 19.4 Å². The van der Waals surface area contributed by atoms with E-state index in [0.717, 1.165) is 51.4 Å². The molecule has 0 aromatic heterocycles. The molecule has 3 atom stereocenters. The Bertz CT molecular complexity index is 1020. The molecule has 1 amide bonds. The van der Waals surface area contributed by atoms with Crippen molar-refractivity contribution in [2.45, 2.75) is 283 Å². The van der Waals surface area contributed by atoms with E-state index in [0.29, 0.717) is 23.9 Å². The fourth-order valence-corrected chi connectivity index (χ4v) is 8.94. The highest BCUT2D eigenvalue weighted by molar-refractivity contribution is 7.45. The maximum Gasteiger partial charge on any atom is 0.268 e. The first kappa shape index (κ1) is 61.2. The molecule has 0 rings (SSSR count). The van der Waals surface area contributed by atoms with Crippen LogP contribution in [0.15, 0.2) is 12.2 Å². The van der Waals surface area contributed by atoms with E-state index in [-0.39, 0.29) is 19.1 Å². The number of aliphatic hydroxyl groups excluding tert-OH is 1. The summed E-state index contributed by atoms with van der Waals surface area (Å²) in [5, 5.41) is 14.0. The smallest absolute Gasteiger partial charge is 0.268 e. The molecule has 62 heavy (non-hydrogen) atoms. The highest BCUT2D eigenvalue weighted by atomic mass is 31.2. The predicted octanol–water partition coefficient (Wildman–Crippen LogP) is 15.2. The summed E-state index contributed by atoms with van der Waals surface area (Å²) in [6, 6.07) is -0.802. The molecule has 0 aliphatic heterocycles. The van der Waals surface area contributed by atoms with Crippen LogP contribution in [0.3, 0.4) is 0 Å². The van der Waals surface area contributed by atoms with Crippen LogP contribution in [0.4, 0.5) is 0 Å². The zero-order valence-corrected chi connectivity index (χ0v) is 43.0. The van der Waals surface area contributed by atoms with Gasteiger partial charge in [0.2, 0.25) is 5.91 Å². The number of carbonyl (C=O) groups is 1. The molecule has 0 aliphatic carbocycles. The molecule has 0 spiro atoms. The van der Waals surface area contributed by atoms with E-state index in [1.165, 1.54) is 193 Å². The monoisotopic (exact) mass is 899 g/mol. The Morgan fingerprint density at radius 3 is 1.26 bits per heavy atom. The number of hydrogen-bond acceptors (Lipinski definition) is 6. The Hall–Kier alpha value is -0.760. The summed E-state index contributed by atoms with van der Waals surface area (Å²) >= 11 is 0. The van der Waals surface area contributed by atoms with Gasteiger partial charge in [-0.2, -0.15) is 0 Å². The minimum atomic E-state index is -4.57. The van der Waals surface area contributed by atoms with Gasteiger partial charge in [-0.05, 0) is 38.5 Å². The topological polar surface area (TPSA) is 108 Å². The zero-order valence-electron chi connectivity index (χ0n) is 42.1. The van der Waals surface area contributed by atoms with Gasteiger partial charge in [-0.3, -0.25) is 9.36 Å². The Kier molecular flexibility index (Phi) is 44.8. The number of allylic oxidation sites excluding steroid dienone is 2. The van der Waals surface area contributed by atoms with Crippen LogP contribution in [0.1, 0.15) is 271 Å². The zero-order chi connectivity index (χ0) is 45.7. The van der Waals surface area contributed by atoms with Crippen LogP contribution in [0.25, 0.3) is 0 Å². The summed E-state index contributed by atoms with van der Waals surface area (Å²) < 4.78 is 23.4. The lowest BCUT2D eigenvalue weighted by molar-refractivity contribution is -0.870. The van der Waals surface area contributed by atoms with Crippen molar-refractivity contribution in [1.82, 2.24) is 5.32 Å². The van der Waals surface area contributed by atoms with E-state index in [1.54, 1.807) is 0 Å². The number of nitrogens with zero attached hydrogens (tertiary/aromatic N) is 1. The normalized spacial score (nSPS) is 14.1. The van der Waals surface area contributed by atoms with Gasteiger partial charge >= 0.3 is 0 Å². The summed E-state index contributed by atoms with van der Waals surface area (Å²) in [6.45, 7) is 4.74. The molecule has 0 aromatic rings. The number of rotatable bonds is 50. The van der Waals surface area contributed by atoms with Gasteiger partial charge in [0.15, 0.2) is 0 Å². The second kappa shape index (κ2) is 45.4. The fraction of sp³-hybridized carbons (Fsp3) is 0.943. The largest absolute Gasteiger partial charge is 0.756 e. The SMILES string of the molecule is CCCCCCCC/C=C\CCCCCCCC(=O)NC(COP(=O)([O-])OCC[N+](C)(C)C)C(O)CCCCCCCCCCCCCCCCCCCCCCCCCCC. The molecule has 0 bridgehead atoms. The van der Waals surface area contributed by atoms with Crippen molar-refractivity contribution in [1.29, 1.82) is 0 Å². The quantitative estimate of drug-likeness (QED) is 0.0272. The van der Waals surface area contributed by atoms with Crippen LogP contribution in [0.5, 0.6) is 0 Å². The van der Waals surface area contributed by atoms with Gasteiger partial charge in [-0.25, -0.2) is 0 Å². The summed E-state index contributed by atoms with van der Waals surface area (Å²) in [7, 11) is 1.31. The third-order valence-corrected chi connectivity index (χ3v) is 13.5. The maximum atomic E-state index is 12.9. The minimum absolute atomic E-state index is 0.0128. The van der Waals surface area contributed by atoms with Crippen LogP contribution >= 0.6 is 7.82 Å². The number of unbranched alkanes of at least 4 members (excludes halogenated alkanes) is 35. The lowest BCUT2D eigenvalue weighted by Crippen LogP contribution is -2.46. The standard InChI is InChI=1S/C53H107N2O6P/c1-6-8-10-12-14-16-18-20-22-23-24-25-26-27-28-29-30-31-33-34-36-38-40-42-44-46-52(56)51(50-61-62(58,59)60-49-48-55(3,4)5)54-53(57)47-45-43-41-39-37-35-32-21-19-17-15-13-11-9-7-2/h21,32,51-52,56H,6-20,22-31,33-50H2,1-5H3,(H-,54,57,58,59)/b32-21-. The molecule has 0 fully saturated rings. The van der Waals surface area contributed by atoms with Crippen molar-refractivity contribution in [2.24, 2.45) is 0 Å². The van der Waals surface area contributed by atoms with Crippen molar-refractivity contribution in [3.05, 3.63) is 12.2 Å². The molecule has 0 aliphatic rings. The molecular formula is C53H107N2O6P. The van der Waals surface area contributed by atoms with Crippen molar-refractivity contribution in [3.63, 3.8) is 0 Å². The molecule has 370 valence electrons. The lowest BCUT2D eigenvalue weighted by Gasteiger charge is -2.30. The van der Waals surface area contributed by atoms with Gasteiger partial charge in [0.25, 0.3) is 7.82 Å². The Morgan fingerprint density at radius 1 is 0.548 bits per heavy atom. The number of quaternary nitrogens is 1. The molecule has 2 N–H and O–H groups in total. The average Bonchev–Trinajstić information content (AvgIpc) is 3.23. The molecule has 0 radical (unpaired) electrons. The number of phosphoric ester groups is 1. The molecule has 9 heteroatoms. The van der Waals surface area contributed by atoms with Gasteiger partial charge in [0.05, 0.1) is 39.9 Å². The first-order chi connectivity index (χ1) is 30.0. The van der Waals surface area contributed by atoms with E-state index in [4.69, 9.17) is 9.05 Å². The van der Waals surface area contributed by atoms with Crippen molar-refractivity contribution in [2.75, 3.05) is 40.9 Å². The van der Waals surface area contributed by atoms with Gasteiger partial charge in [-0.1, -0.05) is 238 Å². The number of hydrogen-bond donors (Lipinski definition) is 2. The molecule has 0 aromatic carbocycles. The van der Waals surface area contributed by atoms with Crippen LogP contribution in [-0.2, 0) is 18.4 Å². The summed E-state index contributed by atoms with van der Waals surface area (Å²) in [5.41, 5.74) is 0. The van der Waals surface area contributed by atoms with Gasteiger partial charge in [0, 0.05) is 6.42 Å². The summed E-state index contributed by atoms with van der Waals surface area (Å²) in [6.07, 6.45) is 53.8. The highest BCUT2D eigenvalue weighted by Crippen LogP contribution is 2.38. The third-order valence-electron chi connectivity index (χ3n) is 12.5. The minimum Gasteiger partial charge on any atom is -0.756 e. The number of nitrogens with one attached hydrogen (secondary N) is 1. The van der Waals surface area contributed by atoms with Crippen LogP contribution in [0.2, 0.25) is 0 Å². The van der Waals surface area contributed by atoms with Crippen molar-refractivity contribution in [3.8, 4) is 0 Å². The fourth-order valence-electron chi connectivity index (χ4n) is 8.21. The molecule has 0 heterocycles. The maximum absolute atomic E-state index is 12.9. The van der Waals surface area contributed by atoms with Gasteiger partial charge in [0.1, 0.15) is 13.2 Å². The molecule has 8 nitrogen and oxygen atoms in total. The van der Waals surface area contributed by atoms with Crippen molar-refractivity contribution >= 4 is 13.7 Å². The molecule has 0 saturated heterocycles. The first-order valence-corrected chi connectivity index (χ1v) is 28.5. The number of phosphoric acid groups is 1. The Labute approximate surface area is 386 Å². The third kappa shape index (κ3) is 47.2. The first-order valence-electron chi connectivity index (χ1n) is 27.0. The second-order valence-electron chi connectivity index (χ2n) is 19.9. The predicted molar refractivity (Wildman–Crippen MR) is 266 cm³/mol. The van der Waals surface area contributed by atoms with E-state index < -0.39 is 20.0 Å². The number of aliphatic hydroxyl groups is 1. The molecular weight excluding hydrogens is 792 g/mol. The van der Waals surface area contributed by atoms with E-state index in [1.807, 2.05) is 21.1 Å². The Balaban J connectivity index is 4.15.